The van der Waals surface area contributed by atoms with Crippen LogP contribution in [0, 0.1) is 5.41 Å². The molecule has 7 heteroatoms. The van der Waals surface area contributed by atoms with Crippen LogP contribution in [0.4, 0.5) is 0 Å². The highest BCUT2D eigenvalue weighted by Crippen LogP contribution is 2.66. The van der Waals surface area contributed by atoms with Crippen LogP contribution in [0.1, 0.15) is 31.0 Å². The van der Waals surface area contributed by atoms with E-state index < -0.39 is 5.41 Å². The molecule has 1 aliphatic rings. The van der Waals surface area contributed by atoms with Crippen LogP contribution < -0.4 is 0 Å². The van der Waals surface area contributed by atoms with Gasteiger partial charge in [-0.25, -0.2) is 0 Å². The Balaban J connectivity index is 1.53. The Morgan fingerprint density at radius 3 is 2.65 bits per heavy atom. The summed E-state index contributed by atoms with van der Waals surface area (Å²) in [5, 5.41) is 6.03. The van der Waals surface area contributed by atoms with E-state index >= 15 is 0 Å². The molecule has 26 heavy (non-hydrogen) atoms. The number of nitrogens with zero attached hydrogens (tertiary/aromatic N) is 4. The molecule has 0 spiro atoms. The van der Waals surface area contributed by atoms with Gasteiger partial charge in [-0.3, -0.25) is 9.78 Å². The van der Waals surface area contributed by atoms with E-state index in [1.54, 1.807) is 35.7 Å². The molecule has 134 valence electrons. The van der Waals surface area contributed by atoms with Gasteiger partial charge in [0.05, 0.1) is 12.0 Å². The van der Waals surface area contributed by atoms with Crippen LogP contribution in [0.25, 0.3) is 11.4 Å². The van der Waals surface area contributed by atoms with Crippen LogP contribution in [-0.2, 0) is 16.8 Å². The van der Waals surface area contributed by atoms with E-state index in [2.05, 4.69) is 35.0 Å². The van der Waals surface area contributed by atoms with Gasteiger partial charge in [0.1, 0.15) is 0 Å². The van der Waals surface area contributed by atoms with Crippen molar-refractivity contribution >= 4 is 17.2 Å². The smallest absolute Gasteiger partial charge is 0.246 e. The molecule has 1 fully saturated rings. The molecule has 0 unspecified atom stereocenters. The second-order valence-electron chi connectivity index (χ2n) is 7.35. The Morgan fingerprint density at radius 1 is 1.31 bits per heavy atom. The summed E-state index contributed by atoms with van der Waals surface area (Å²) in [6, 6.07) is 7.70. The fraction of sp³-hybridized carbons (Fsp3) is 0.368. The van der Waals surface area contributed by atoms with Gasteiger partial charge in [0.15, 0.2) is 0 Å². The molecule has 3 aromatic rings. The van der Waals surface area contributed by atoms with Gasteiger partial charge >= 0.3 is 0 Å². The van der Waals surface area contributed by atoms with E-state index in [0.717, 1.165) is 16.9 Å². The number of rotatable bonds is 5. The van der Waals surface area contributed by atoms with Gasteiger partial charge in [0, 0.05) is 29.9 Å². The topological polar surface area (TPSA) is 72.1 Å². The van der Waals surface area contributed by atoms with Gasteiger partial charge < -0.3 is 9.42 Å². The summed E-state index contributed by atoms with van der Waals surface area (Å²) in [6.07, 6.45) is 4.22. The highest BCUT2D eigenvalue weighted by molar-refractivity contribution is 7.10. The van der Waals surface area contributed by atoms with Crippen molar-refractivity contribution in [1.29, 1.82) is 0 Å². The fourth-order valence-corrected chi connectivity index (χ4v) is 4.67. The standard InChI is InChI=1S/C19H20N4O2S/c1-18(2)12-19(18,14-5-4-10-26-14)17(24)23(3)11-15-21-16(22-25-15)13-6-8-20-9-7-13/h4-10H,11-12H2,1-3H3/t19-/m0/s1. The predicted octanol–water partition coefficient (Wildman–Crippen LogP) is 3.52. The first-order valence-corrected chi connectivity index (χ1v) is 9.34. The van der Waals surface area contributed by atoms with Gasteiger partial charge in [0.2, 0.25) is 17.6 Å². The van der Waals surface area contributed by atoms with Crippen LogP contribution in [0.5, 0.6) is 0 Å². The Hall–Kier alpha value is -2.54. The van der Waals surface area contributed by atoms with E-state index in [4.69, 9.17) is 4.52 Å². The maximum atomic E-state index is 13.3. The zero-order chi connectivity index (χ0) is 18.4. The number of hydrogen-bond donors (Lipinski definition) is 0. The summed E-state index contributed by atoms with van der Waals surface area (Å²) in [4.78, 5) is 24.5. The lowest BCUT2D eigenvalue weighted by atomic mass is 9.92. The summed E-state index contributed by atoms with van der Waals surface area (Å²) in [7, 11) is 1.79. The zero-order valence-electron chi connectivity index (χ0n) is 15.0. The zero-order valence-corrected chi connectivity index (χ0v) is 15.8. The van der Waals surface area contributed by atoms with E-state index in [0.29, 0.717) is 18.3 Å². The minimum absolute atomic E-state index is 0.0414. The van der Waals surface area contributed by atoms with Crippen molar-refractivity contribution in [2.45, 2.75) is 32.2 Å². The molecule has 0 saturated heterocycles. The molecule has 0 aromatic carbocycles. The molecule has 0 N–H and O–H groups in total. The van der Waals surface area contributed by atoms with Gasteiger partial charge in [-0.2, -0.15) is 4.98 Å². The average Bonchev–Trinajstić information content (AvgIpc) is 3.08. The SMILES string of the molecule is CN(Cc1nc(-c2ccncc2)no1)C(=O)[C@@]1(c2cccs2)CC1(C)C. The van der Waals surface area contributed by atoms with Crippen molar-refractivity contribution in [1.82, 2.24) is 20.0 Å². The lowest BCUT2D eigenvalue weighted by Crippen LogP contribution is -2.38. The van der Waals surface area contributed by atoms with Gasteiger partial charge in [-0.05, 0) is 35.4 Å². The van der Waals surface area contributed by atoms with Crippen LogP contribution >= 0.6 is 11.3 Å². The molecule has 4 rings (SSSR count). The minimum Gasteiger partial charge on any atom is -0.337 e. The maximum Gasteiger partial charge on any atom is 0.246 e. The summed E-state index contributed by atoms with van der Waals surface area (Å²) in [5.41, 5.74) is 0.353. The summed E-state index contributed by atoms with van der Waals surface area (Å²) in [5.74, 6) is 1.03. The monoisotopic (exact) mass is 368 g/mol. The molecule has 0 radical (unpaired) electrons. The first kappa shape index (κ1) is 16.9. The molecule has 3 aromatic heterocycles. The van der Waals surface area contributed by atoms with Crippen LogP contribution in [0.15, 0.2) is 46.6 Å². The molecule has 3 heterocycles. The van der Waals surface area contributed by atoms with Gasteiger partial charge in [-0.15, -0.1) is 11.3 Å². The third-order valence-corrected chi connectivity index (χ3v) is 6.20. The first-order valence-electron chi connectivity index (χ1n) is 8.46. The van der Waals surface area contributed by atoms with E-state index in [1.165, 1.54) is 0 Å². The van der Waals surface area contributed by atoms with Crippen molar-refractivity contribution in [2.24, 2.45) is 5.41 Å². The Labute approximate surface area is 155 Å². The Morgan fingerprint density at radius 2 is 2.04 bits per heavy atom. The summed E-state index contributed by atoms with van der Waals surface area (Å²) in [6.45, 7) is 4.58. The number of hydrogen-bond acceptors (Lipinski definition) is 6. The molecular weight excluding hydrogens is 348 g/mol. The largest absolute Gasteiger partial charge is 0.337 e. The third kappa shape index (κ3) is 2.63. The van der Waals surface area contributed by atoms with Crippen molar-refractivity contribution in [3.63, 3.8) is 0 Å². The number of pyridine rings is 1. The Bertz CT molecular complexity index is 920. The number of likely N-dealkylation sites (N-methyl/N-ethyl adjacent to an activating group) is 1. The number of carbonyl (C=O) groups is 1. The molecule has 1 amide bonds. The second-order valence-corrected chi connectivity index (χ2v) is 8.30. The van der Waals surface area contributed by atoms with E-state index in [9.17, 15) is 4.79 Å². The van der Waals surface area contributed by atoms with E-state index in [-0.39, 0.29) is 11.3 Å². The maximum absolute atomic E-state index is 13.3. The third-order valence-electron chi connectivity index (χ3n) is 5.17. The highest BCUT2D eigenvalue weighted by atomic mass is 32.1. The number of thiophene rings is 1. The van der Waals surface area contributed by atoms with Gasteiger partial charge in [0.25, 0.3) is 0 Å². The minimum atomic E-state index is -0.441. The highest BCUT2D eigenvalue weighted by Gasteiger charge is 2.68. The molecule has 0 aliphatic heterocycles. The number of amides is 1. The quantitative estimate of drug-likeness (QED) is 0.689. The molecule has 1 atom stereocenters. The van der Waals surface area contributed by atoms with Gasteiger partial charge in [-0.1, -0.05) is 25.1 Å². The molecule has 1 aliphatic carbocycles. The van der Waals surface area contributed by atoms with Crippen LogP contribution in [0.2, 0.25) is 0 Å². The lowest BCUT2D eigenvalue weighted by molar-refractivity contribution is -0.134. The molecule has 1 saturated carbocycles. The summed E-state index contributed by atoms with van der Waals surface area (Å²) >= 11 is 1.64. The van der Waals surface area contributed by atoms with Crippen molar-refractivity contribution in [3.8, 4) is 11.4 Å². The molecule has 0 bridgehead atoms. The van der Waals surface area contributed by atoms with Crippen molar-refractivity contribution < 1.29 is 9.32 Å². The Kier molecular flexibility index (Phi) is 3.91. The number of aromatic nitrogens is 3. The van der Waals surface area contributed by atoms with Crippen LogP contribution in [-0.4, -0.2) is 33.0 Å². The lowest BCUT2D eigenvalue weighted by Gasteiger charge is -2.24. The predicted molar refractivity (Wildman–Crippen MR) is 98.4 cm³/mol. The van der Waals surface area contributed by atoms with E-state index in [1.807, 2.05) is 23.6 Å². The molecule has 6 nitrogen and oxygen atoms in total. The average molecular weight is 368 g/mol. The second kappa shape index (κ2) is 6.02. The molecular formula is C19H20N4O2S. The number of carbonyl (C=O) groups excluding carboxylic acids is 1. The van der Waals surface area contributed by atoms with Crippen LogP contribution in [0.3, 0.4) is 0 Å². The summed E-state index contributed by atoms with van der Waals surface area (Å²) < 4.78 is 5.34. The van der Waals surface area contributed by atoms with Crippen molar-refractivity contribution in [3.05, 3.63) is 52.8 Å². The van der Waals surface area contributed by atoms with Crippen molar-refractivity contribution in [2.75, 3.05) is 7.05 Å². The normalized spacial score (nSPS) is 20.7. The fourth-order valence-electron chi connectivity index (χ4n) is 3.57. The first-order chi connectivity index (χ1) is 12.4.